The summed E-state index contributed by atoms with van der Waals surface area (Å²) >= 11 is 0. The highest BCUT2D eigenvalue weighted by Crippen LogP contribution is 2.36. The zero-order valence-electron chi connectivity index (χ0n) is 21.3. The normalized spacial score (nSPS) is 15.1. The molecule has 5 nitrogen and oxygen atoms in total. The number of carbonyl (C=O) groups is 1. The molecule has 0 radical (unpaired) electrons. The number of rotatable bonds is 9. The molecule has 0 saturated carbocycles. The summed E-state index contributed by atoms with van der Waals surface area (Å²) in [6, 6.07) is 23.5. The van der Waals surface area contributed by atoms with Crippen molar-refractivity contribution in [3.8, 4) is 0 Å². The average Bonchev–Trinajstić information content (AvgIpc) is 3.28. The standard InChI is InChI=1S/C31H34FN3O2/c1-23-10-12-24(13-11-23)21-35-22-28(26-7-3-5-9-30(26)35)27(25-6-2-4-8-29(25)32)20-31(36)33-14-15-34-16-18-37-19-17-34/h2-13,22,27H,14-21H2,1H3,(H,33,36). The van der Waals surface area contributed by atoms with Gasteiger partial charge in [-0.25, -0.2) is 4.39 Å². The number of benzene rings is 3. The summed E-state index contributed by atoms with van der Waals surface area (Å²) in [6.45, 7) is 7.37. The zero-order valence-corrected chi connectivity index (χ0v) is 21.3. The van der Waals surface area contributed by atoms with Crippen LogP contribution in [0.3, 0.4) is 0 Å². The van der Waals surface area contributed by atoms with Gasteiger partial charge in [0.2, 0.25) is 5.91 Å². The quantitative estimate of drug-likeness (QED) is 0.348. The number of amides is 1. The molecule has 2 heterocycles. The van der Waals surface area contributed by atoms with Crippen LogP contribution in [-0.2, 0) is 16.1 Å². The Hall–Kier alpha value is -3.48. The van der Waals surface area contributed by atoms with Gasteiger partial charge in [-0.15, -0.1) is 0 Å². The number of aromatic nitrogens is 1. The van der Waals surface area contributed by atoms with Gasteiger partial charge in [0.1, 0.15) is 5.82 Å². The molecule has 0 spiro atoms. The average molecular weight is 500 g/mol. The van der Waals surface area contributed by atoms with Gasteiger partial charge in [-0.05, 0) is 35.7 Å². The van der Waals surface area contributed by atoms with Gasteiger partial charge in [0.05, 0.1) is 13.2 Å². The van der Waals surface area contributed by atoms with Crippen LogP contribution in [0.25, 0.3) is 10.9 Å². The van der Waals surface area contributed by atoms with E-state index in [9.17, 15) is 4.79 Å². The van der Waals surface area contributed by atoms with Crippen LogP contribution < -0.4 is 5.32 Å². The monoisotopic (exact) mass is 499 g/mol. The third-order valence-corrected chi connectivity index (χ3v) is 7.19. The molecule has 1 fully saturated rings. The number of halogens is 1. The second-order valence-electron chi connectivity index (χ2n) is 9.80. The Kier molecular flexibility index (Phi) is 7.97. The topological polar surface area (TPSA) is 46.5 Å². The van der Waals surface area contributed by atoms with Crippen molar-refractivity contribution in [2.24, 2.45) is 0 Å². The van der Waals surface area contributed by atoms with Gasteiger partial charge in [0.25, 0.3) is 0 Å². The lowest BCUT2D eigenvalue weighted by Crippen LogP contribution is -2.41. The lowest BCUT2D eigenvalue weighted by atomic mass is 9.87. The molecule has 6 heteroatoms. The summed E-state index contributed by atoms with van der Waals surface area (Å²) in [4.78, 5) is 15.4. The molecule has 5 rings (SSSR count). The summed E-state index contributed by atoms with van der Waals surface area (Å²) < 4.78 is 22.7. The Labute approximate surface area is 217 Å². The van der Waals surface area contributed by atoms with Crippen molar-refractivity contribution in [2.75, 3.05) is 39.4 Å². The van der Waals surface area contributed by atoms with Crippen molar-refractivity contribution in [1.29, 1.82) is 0 Å². The van der Waals surface area contributed by atoms with Crippen LogP contribution in [0.1, 0.15) is 34.6 Å². The molecule has 192 valence electrons. The molecule has 4 aromatic rings. The van der Waals surface area contributed by atoms with Crippen LogP contribution in [0.2, 0.25) is 0 Å². The third-order valence-electron chi connectivity index (χ3n) is 7.19. The van der Waals surface area contributed by atoms with Crippen molar-refractivity contribution in [3.05, 3.63) is 107 Å². The highest BCUT2D eigenvalue weighted by atomic mass is 19.1. The number of hydrogen-bond acceptors (Lipinski definition) is 3. The van der Waals surface area contributed by atoms with Crippen molar-refractivity contribution in [2.45, 2.75) is 25.8 Å². The molecule has 3 aromatic carbocycles. The van der Waals surface area contributed by atoms with E-state index < -0.39 is 5.92 Å². The van der Waals surface area contributed by atoms with Crippen LogP contribution in [0.15, 0.2) is 79.0 Å². The number of nitrogens with one attached hydrogen (secondary N) is 1. The molecule has 1 aliphatic heterocycles. The number of morpholine rings is 1. The Balaban J connectivity index is 1.42. The minimum atomic E-state index is -0.395. The first-order valence-electron chi connectivity index (χ1n) is 13.0. The van der Waals surface area contributed by atoms with Crippen LogP contribution in [0.4, 0.5) is 4.39 Å². The van der Waals surface area contributed by atoms with Crippen molar-refractivity contribution in [3.63, 3.8) is 0 Å². The zero-order chi connectivity index (χ0) is 25.6. The number of ether oxygens (including phenoxy) is 1. The van der Waals surface area contributed by atoms with E-state index in [1.54, 1.807) is 12.1 Å². The van der Waals surface area contributed by atoms with E-state index in [-0.39, 0.29) is 18.1 Å². The number of carbonyl (C=O) groups excluding carboxylic acids is 1. The molecule has 1 aliphatic rings. The molecule has 1 atom stereocenters. The number of aryl methyl sites for hydroxylation is 1. The van der Waals surface area contributed by atoms with Crippen molar-refractivity contribution >= 4 is 16.8 Å². The molecule has 37 heavy (non-hydrogen) atoms. The second kappa shape index (κ2) is 11.7. The predicted molar refractivity (Wildman–Crippen MR) is 145 cm³/mol. The summed E-state index contributed by atoms with van der Waals surface area (Å²) in [5.74, 6) is -0.755. The first-order valence-corrected chi connectivity index (χ1v) is 13.0. The minimum Gasteiger partial charge on any atom is -0.379 e. The van der Waals surface area contributed by atoms with Crippen molar-refractivity contribution in [1.82, 2.24) is 14.8 Å². The highest BCUT2D eigenvalue weighted by molar-refractivity contribution is 5.86. The van der Waals surface area contributed by atoms with Gasteiger partial charge in [-0.3, -0.25) is 9.69 Å². The van der Waals surface area contributed by atoms with Gasteiger partial charge < -0.3 is 14.6 Å². The molecule has 1 N–H and O–H groups in total. The minimum absolute atomic E-state index is 0.0723. The third kappa shape index (κ3) is 6.09. The molecule has 0 aliphatic carbocycles. The molecule has 1 saturated heterocycles. The smallest absolute Gasteiger partial charge is 0.220 e. The molecule has 1 unspecified atom stereocenters. The van der Waals surface area contributed by atoms with Gasteiger partial charge in [-0.1, -0.05) is 66.2 Å². The van der Waals surface area contributed by atoms with Crippen LogP contribution in [0, 0.1) is 12.7 Å². The summed E-state index contributed by atoms with van der Waals surface area (Å²) in [6.07, 6.45) is 2.28. The summed E-state index contributed by atoms with van der Waals surface area (Å²) in [7, 11) is 0. The number of hydrogen-bond donors (Lipinski definition) is 1. The van der Waals surface area contributed by atoms with Gasteiger partial charge in [-0.2, -0.15) is 0 Å². The predicted octanol–water partition coefficient (Wildman–Crippen LogP) is 5.11. The van der Waals surface area contributed by atoms with E-state index in [0.717, 1.165) is 49.3 Å². The molecule has 1 amide bonds. The largest absolute Gasteiger partial charge is 0.379 e. The van der Waals surface area contributed by atoms with E-state index in [4.69, 9.17) is 4.74 Å². The maximum absolute atomic E-state index is 15.1. The Morgan fingerprint density at radius 1 is 0.973 bits per heavy atom. The van der Waals surface area contributed by atoms with E-state index in [2.05, 4.69) is 64.3 Å². The number of para-hydroxylation sites is 1. The van der Waals surface area contributed by atoms with Gasteiger partial charge >= 0.3 is 0 Å². The summed E-state index contributed by atoms with van der Waals surface area (Å²) in [5, 5.41) is 4.11. The van der Waals surface area contributed by atoms with E-state index in [1.165, 1.54) is 17.2 Å². The summed E-state index contributed by atoms with van der Waals surface area (Å²) in [5.41, 5.74) is 5.01. The molecule has 1 aromatic heterocycles. The molecular weight excluding hydrogens is 465 g/mol. The molecule has 0 bridgehead atoms. The lowest BCUT2D eigenvalue weighted by Gasteiger charge is -2.26. The lowest BCUT2D eigenvalue weighted by molar-refractivity contribution is -0.121. The highest BCUT2D eigenvalue weighted by Gasteiger charge is 2.25. The maximum atomic E-state index is 15.1. The fourth-order valence-electron chi connectivity index (χ4n) is 5.15. The fraction of sp³-hybridized carbons (Fsp3) is 0.323. The van der Waals surface area contributed by atoms with Gasteiger partial charge in [0, 0.05) is 62.2 Å². The molecular formula is C31H34FN3O2. The Morgan fingerprint density at radius 2 is 1.70 bits per heavy atom. The van der Waals surface area contributed by atoms with E-state index in [0.29, 0.717) is 18.7 Å². The Bertz CT molecular complexity index is 1340. The first kappa shape index (κ1) is 25.2. The fourth-order valence-corrected chi connectivity index (χ4v) is 5.15. The van der Waals surface area contributed by atoms with Crippen molar-refractivity contribution < 1.29 is 13.9 Å². The SMILES string of the molecule is Cc1ccc(Cn2cc(C(CC(=O)NCCN3CCOCC3)c3ccccc3F)c3ccccc32)cc1. The number of fused-ring (bicyclic) bond motifs is 1. The van der Waals surface area contributed by atoms with E-state index in [1.807, 2.05) is 18.2 Å². The Morgan fingerprint density at radius 3 is 2.49 bits per heavy atom. The first-order chi connectivity index (χ1) is 18.1. The van der Waals surface area contributed by atoms with E-state index >= 15 is 4.39 Å². The maximum Gasteiger partial charge on any atom is 0.220 e. The number of nitrogens with zero attached hydrogens (tertiary/aromatic N) is 2. The van der Waals surface area contributed by atoms with Crippen LogP contribution >= 0.6 is 0 Å². The van der Waals surface area contributed by atoms with Crippen LogP contribution in [0.5, 0.6) is 0 Å². The second-order valence-corrected chi connectivity index (χ2v) is 9.80. The van der Waals surface area contributed by atoms with Crippen LogP contribution in [-0.4, -0.2) is 54.8 Å². The van der Waals surface area contributed by atoms with Gasteiger partial charge in [0.15, 0.2) is 0 Å².